The number of nitrogens with one attached hydrogen (secondary N) is 1. The van der Waals surface area contributed by atoms with Gasteiger partial charge in [0.2, 0.25) is 5.88 Å². The Balaban J connectivity index is 2.15. The normalized spacial score (nSPS) is 11.3. The molecule has 0 atom stereocenters. The summed E-state index contributed by atoms with van der Waals surface area (Å²) in [4.78, 5) is 11.7. The van der Waals surface area contributed by atoms with Gasteiger partial charge in [-0.25, -0.2) is 9.97 Å². The molecule has 1 aromatic carbocycles. The Bertz CT molecular complexity index is 795. The number of methoxy groups -OCH3 is 1. The van der Waals surface area contributed by atoms with Crippen molar-refractivity contribution in [1.82, 2.24) is 15.0 Å². The van der Waals surface area contributed by atoms with Crippen molar-refractivity contribution < 1.29 is 4.74 Å². The van der Waals surface area contributed by atoms with E-state index in [4.69, 9.17) is 16.3 Å². The van der Waals surface area contributed by atoms with E-state index in [2.05, 4.69) is 34.9 Å². The Morgan fingerprint density at radius 1 is 1.14 bits per heavy atom. The van der Waals surface area contributed by atoms with Gasteiger partial charge in [0, 0.05) is 28.2 Å². The third-order valence-electron chi connectivity index (χ3n) is 3.48. The van der Waals surface area contributed by atoms with Gasteiger partial charge in [0.25, 0.3) is 0 Å². The van der Waals surface area contributed by atoms with Crippen LogP contribution in [0.1, 0.15) is 25.5 Å². The predicted molar refractivity (Wildman–Crippen MR) is 85.0 cm³/mol. The maximum atomic E-state index is 6.41. The second-order valence-corrected chi connectivity index (χ2v) is 5.65. The molecule has 4 nitrogen and oxygen atoms in total. The van der Waals surface area contributed by atoms with E-state index in [9.17, 15) is 0 Å². The number of aromatic nitrogens is 3. The van der Waals surface area contributed by atoms with Gasteiger partial charge >= 0.3 is 0 Å². The molecular formula is C16H16ClN3O. The summed E-state index contributed by atoms with van der Waals surface area (Å²) in [5, 5.41) is 1.77. The fraction of sp³-hybridized carbons (Fsp3) is 0.250. The zero-order valence-corrected chi connectivity index (χ0v) is 12.9. The maximum absolute atomic E-state index is 6.41. The van der Waals surface area contributed by atoms with Gasteiger partial charge in [-0.05, 0) is 24.1 Å². The minimum atomic E-state index is 0.443. The van der Waals surface area contributed by atoms with Crippen LogP contribution in [0.25, 0.3) is 22.2 Å². The van der Waals surface area contributed by atoms with Crippen LogP contribution < -0.4 is 4.74 Å². The smallest absolute Gasteiger partial charge is 0.216 e. The van der Waals surface area contributed by atoms with Gasteiger partial charge in [0.05, 0.1) is 17.8 Å². The largest absolute Gasteiger partial charge is 0.481 e. The van der Waals surface area contributed by atoms with E-state index in [-0.39, 0.29) is 0 Å². The summed E-state index contributed by atoms with van der Waals surface area (Å²) in [5.41, 5.74) is 3.85. The lowest BCUT2D eigenvalue weighted by molar-refractivity contribution is 0.397. The first-order chi connectivity index (χ1) is 10.1. The van der Waals surface area contributed by atoms with Crippen molar-refractivity contribution in [1.29, 1.82) is 0 Å². The number of rotatable bonds is 3. The van der Waals surface area contributed by atoms with Gasteiger partial charge in [-0.15, -0.1) is 0 Å². The highest BCUT2D eigenvalue weighted by Gasteiger charge is 2.11. The van der Waals surface area contributed by atoms with Crippen LogP contribution in [0.3, 0.4) is 0 Å². The van der Waals surface area contributed by atoms with Crippen LogP contribution in [-0.4, -0.2) is 22.1 Å². The van der Waals surface area contributed by atoms with Crippen molar-refractivity contribution in [3.05, 3.63) is 41.3 Å². The van der Waals surface area contributed by atoms with Gasteiger partial charge in [-0.2, -0.15) is 0 Å². The van der Waals surface area contributed by atoms with E-state index in [1.165, 1.54) is 12.0 Å². The maximum Gasteiger partial charge on any atom is 0.216 e. The average Bonchev–Trinajstić information content (AvgIpc) is 2.89. The molecule has 0 saturated carbocycles. The van der Waals surface area contributed by atoms with Crippen molar-refractivity contribution in [2.24, 2.45) is 0 Å². The predicted octanol–water partition coefficient (Wildman–Crippen LogP) is 4.41. The Morgan fingerprint density at radius 3 is 2.67 bits per heavy atom. The molecule has 0 bridgehead atoms. The summed E-state index contributed by atoms with van der Waals surface area (Å²) in [5.74, 6) is 0.962. The summed E-state index contributed by atoms with van der Waals surface area (Å²) in [6, 6.07) is 7.89. The Morgan fingerprint density at radius 2 is 1.95 bits per heavy atom. The number of H-pyrrole nitrogens is 1. The zero-order chi connectivity index (χ0) is 15.0. The lowest BCUT2D eigenvalue weighted by Gasteiger charge is -2.05. The molecule has 21 heavy (non-hydrogen) atoms. The second-order valence-electron chi connectivity index (χ2n) is 5.24. The van der Waals surface area contributed by atoms with Gasteiger partial charge in [-0.1, -0.05) is 25.4 Å². The molecule has 0 radical (unpaired) electrons. The lowest BCUT2D eigenvalue weighted by Crippen LogP contribution is -1.91. The first-order valence-corrected chi connectivity index (χ1v) is 7.15. The molecule has 2 heterocycles. The molecule has 0 aliphatic heterocycles. The van der Waals surface area contributed by atoms with Gasteiger partial charge in [-0.3, -0.25) is 0 Å². The monoisotopic (exact) mass is 301 g/mol. The fourth-order valence-electron chi connectivity index (χ4n) is 2.28. The second kappa shape index (κ2) is 5.37. The van der Waals surface area contributed by atoms with E-state index < -0.39 is 0 Å². The Hall–Kier alpha value is -2.07. The van der Waals surface area contributed by atoms with Crippen LogP contribution in [0.4, 0.5) is 0 Å². The molecule has 0 unspecified atom stereocenters. The van der Waals surface area contributed by atoms with E-state index in [1.54, 1.807) is 13.2 Å². The molecule has 0 aliphatic carbocycles. The molecule has 2 aromatic heterocycles. The summed E-state index contributed by atoms with van der Waals surface area (Å²) in [6.07, 6.45) is 1.48. The van der Waals surface area contributed by atoms with Crippen molar-refractivity contribution in [3.8, 4) is 17.1 Å². The minimum Gasteiger partial charge on any atom is -0.481 e. The molecule has 1 N–H and O–H groups in total. The Kier molecular flexibility index (Phi) is 3.55. The highest BCUT2D eigenvalue weighted by molar-refractivity contribution is 6.34. The third kappa shape index (κ3) is 2.59. The molecule has 0 amide bonds. The zero-order valence-electron chi connectivity index (χ0n) is 12.1. The van der Waals surface area contributed by atoms with Crippen molar-refractivity contribution >= 4 is 22.5 Å². The van der Waals surface area contributed by atoms with E-state index in [0.717, 1.165) is 22.2 Å². The Labute approximate surface area is 128 Å². The average molecular weight is 302 g/mol. The summed E-state index contributed by atoms with van der Waals surface area (Å²) in [7, 11) is 1.58. The van der Waals surface area contributed by atoms with Crippen LogP contribution in [0.2, 0.25) is 5.02 Å². The van der Waals surface area contributed by atoms with Gasteiger partial charge in [0.1, 0.15) is 6.33 Å². The summed E-state index contributed by atoms with van der Waals surface area (Å²) >= 11 is 6.41. The molecule has 5 heteroatoms. The number of aromatic amines is 1. The molecule has 0 fully saturated rings. The number of benzene rings is 1. The topological polar surface area (TPSA) is 50.8 Å². The number of halogens is 1. The van der Waals surface area contributed by atoms with Crippen molar-refractivity contribution in [3.63, 3.8) is 0 Å². The minimum absolute atomic E-state index is 0.443. The third-order valence-corrected chi connectivity index (χ3v) is 3.79. The molecule has 0 aliphatic rings. The van der Waals surface area contributed by atoms with E-state index in [1.807, 2.05) is 12.1 Å². The van der Waals surface area contributed by atoms with Crippen molar-refractivity contribution in [2.75, 3.05) is 7.11 Å². The standard InChI is InChI=1S/C16H16ClN3O/c1-9(2)13-5-10-4-12(17)11(6-14(10)20-13)15-7-16(21-3)19-8-18-15/h4-9,20H,1-3H3. The molecule has 3 aromatic rings. The highest BCUT2D eigenvalue weighted by Crippen LogP contribution is 2.33. The fourth-order valence-corrected chi connectivity index (χ4v) is 2.55. The summed E-state index contributed by atoms with van der Waals surface area (Å²) < 4.78 is 5.14. The molecule has 108 valence electrons. The lowest BCUT2D eigenvalue weighted by atomic mass is 10.1. The SMILES string of the molecule is COc1cc(-c2cc3[nH]c(C(C)C)cc3cc2Cl)ncn1. The van der Waals surface area contributed by atoms with E-state index in [0.29, 0.717) is 16.8 Å². The van der Waals surface area contributed by atoms with Crippen molar-refractivity contribution in [2.45, 2.75) is 19.8 Å². The molecule has 0 spiro atoms. The van der Waals surface area contributed by atoms with Gasteiger partial charge < -0.3 is 9.72 Å². The first kappa shape index (κ1) is 13.9. The summed E-state index contributed by atoms with van der Waals surface area (Å²) in [6.45, 7) is 4.31. The van der Waals surface area contributed by atoms with Gasteiger partial charge in [0.15, 0.2) is 0 Å². The van der Waals surface area contributed by atoms with Crippen LogP contribution >= 0.6 is 11.6 Å². The quantitative estimate of drug-likeness (QED) is 0.779. The highest BCUT2D eigenvalue weighted by atomic mass is 35.5. The number of ether oxygens (including phenoxy) is 1. The van der Waals surface area contributed by atoms with Crippen LogP contribution in [-0.2, 0) is 0 Å². The number of hydrogen-bond acceptors (Lipinski definition) is 3. The molecular weight excluding hydrogens is 286 g/mol. The number of hydrogen-bond donors (Lipinski definition) is 1. The molecule has 3 rings (SSSR count). The van der Waals surface area contributed by atoms with Crippen LogP contribution in [0, 0.1) is 0 Å². The number of fused-ring (bicyclic) bond motifs is 1. The number of nitrogens with zero attached hydrogens (tertiary/aromatic N) is 2. The van der Waals surface area contributed by atoms with Crippen LogP contribution in [0.15, 0.2) is 30.6 Å². The molecule has 0 saturated heterocycles. The first-order valence-electron chi connectivity index (χ1n) is 6.77. The van der Waals surface area contributed by atoms with E-state index >= 15 is 0 Å². The van der Waals surface area contributed by atoms with Crippen LogP contribution in [0.5, 0.6) is 5.88 Å².